The Bertz CT molecular complexity index is 349. The molecule has 2 atom stereocenters. The van der Waals surface area contributed by atoms with Crippen molar-refractivity contribution in [3.8, 4) is 0 Å². The Labute approximate surface area is 104 Å². The van der Waals surface area contributed by atoms with E-state index in [1.165, 1.54) is 6.42 Å². The molecule has 0 aliphatic heterocycles. The van der Waals surface area contributed by atoms with Crippen LogP contribution in [0.25, 0.3) is 0 Å². The second kappa shape index (κ2) is 5.18. The molecule has 2 unspecified atom stereocenters. The summed E-state index contributed by atoms with van der Waals surface area (Å²) < 4.78 is 0. The molecule has 1 N–H and O–H groups in total. The zero-order chi connectivity index (χ0) is 12.3. The molecular formula is C15H23NO. The van der Waals surface area contributed by atoms with E-state index in [1.54, 1.807) is 0 Å². The Hall–Kier alpha value is -0.890. The van der Waals surface area contributed by atoms with Gasteiger partial charge in [-0.1, -0.05) is 32.8 Å². The van der Waals surface area contributed by atoms with E-state index >= 15 is 0 Å². The lowest BCUT2D eigenvalue weighted by molar-refractivity contribution is -0.0659. The standard InChI is InChI=1S/C15H23NO/c1-12(2)14-8-3-5-9-15(14,17)11-13-7-4-6-10-16-13/h4,6-7,10,12,14,17H,3,5,8-9,11H2,1-2H3. The molecular weight excluding hydrogens is 210 g/mol. The maximum atomic E-state index is 10.9. The Morgan fingerprint density at radius 3 is 2.88 bits per heavy atom. The SMILES string of the molecule is CC(C)C1CCCCC1(O)Cc1ccccn1. The zero-order valence-electron chi connectivity index (χ0n) is 10.9. The monoisotopic (exact) mass is 233 g/mol. The van der Waals surface area contributed by atoms with Gasteiger partial charge in [-0.15, -0.1) is 0 Å². The number of hydrogen-bond donors (Lipinski definition) is 1. The number of aliphatic hydroxyl groups is 1. The molecule has 1 saturated carbocycles. The average molecular weight is 233 g/mol. The van der Waals surface area contributed by atoms with Crippen LogP contribution in [-0.2, 0) is 6.42 Å². The predicted molar refractivity (Wildman–Crippen MR) is 69.7 cm³/mol. The van der Waals surface area contributed by atoms with Gasteiger partial charge in [0.2, 0.25) is 0 Å². The first-order valence-corrected chi connectivity index (χ1v) is 6.74. The molecule has 0 radical (unpaired) electrons. The Kier molecular flexibility index (Phi) is 3.82. The van der Waals surface area contributed by atoms with Crippen LogP contribution in [0.3, 0.4) is 0 Å². The highest BCUT2D eigenvalue weighted by Gasteiger charge is 2.40. The van der Waals surface area contributed by atoms with Gasteiger partial charge in [-0.05, 0) is 36.8 Å². The Balaban J connectivity index is 2.15. The molecule has 2 rings (SSSR count). The summed E-state index contributed by atoms with van der Waals surface area (Å²) in [5, 5.41) is 10.9. The molecule has 1 fully saturated rings. The maximum absolute atomic E-state index is 10.9. The van der Waals surface area contributed by atoms with Crippen molar-refractivity contribution in [1.82, 2.24) is 4.98 Å². The summed E-state index contributed by atoms with van der Waals surface area (Å²) in [7, 11) is 0. The zero-order valence-corrected chi connectivity index (χ0v) is 10.9. The molecule has 17 heavy (non-hydrogen) atoms. The van der Waals surface area contributed by atoms with Gasteiger partial charge in [0.15, 0.2) is 0 Å². The van der Waals surface area contributed by atoms with Gasteiger partial charge in [0.25, 0.3) is 0 Å². The van der Waals surface area contributed by atoms with Crippen molar-refractivity contribution < 1.29 is 5.11 Å². The van der Waals surface area contributed by atoms with Gasteiger partial charge < -0.3 is 5.11 Å². The first-order valence-electron chi connectivity index (χ1n) is 6.74. The fourth-order valence-corrected chi connectivity index (χ4v) is 3.24. The lowest BCUT2D eigenvalue weighted by Crippen LogP contribution is -2.45. The smallest absolute Gasteiger partial charge is 0.0733 e. The van der Waals surface area contributed by atoms with Crippen LogP contribution in [0.4, 0.5) is 0 Å². The second-order valence-corrected chi connectivity index (χ2v) is 5.70. The van der Waals surface area contributed by atoms with E-state index in [-0.39, 0.29) is 0 Å². The van der Waals surface area contributed by atoms with E-state index in [1.807, 2.05) is 24.4 Å². The molecule has 0 saturated heterocycles. The van der Waals surface area contributed by atoms with E-state index in [0.717, 1.165) is 25.0 Å². The Morgan fingerprint density at radius 2 is 2.24 bits per heavy atom. The van der Waals surface area contributed by atoms with Crippen LogP contribution < -0.4 is 0 Å². The highest BCUT2D eigenvalue weighted by atomic mass is 16.3. The summed E-state index contributed by atoms with van der Waals surface area (Å²) in [6, 6.07) is 5.94. The van der Waals surface area contributed by atoms with E-state index in [9.17, 15) is 5.11 Å². The highest BCUT2D eigenvalue weighted by molar-refractivity contribution is 5.09. The molecule has 0 amide bonds. The topological polar surface area (TPSA) is 33.1 Å². The lowest BCUT2D eigenvalue weighted by atomic mass is 9.68. The van der Waals surface area contributed by atoms with Gasteiger partial charge in [-0.25, -0.2) is 0 Å². The summed E-state index contributed by atoms with van der Waals surface area (Å²) in [6.07, 6.45) is 7.00. The molecule has 0 aromatic carbocycles. The third-order valence-corrected chi connectivity index (χ3v) is 4.08. The van der Waals surface area contributed by atoms with Gasteiger partial charge >= 0.3 is 0 Å². The fraction of sp³-hybridized carbons (Fsp3) is 0.667. The summed E-state index contributed by atoms with van der Waals surface area (Å²) in [4.78, 5) is 4.35. The lowest BCUT2D eigenvalue weighted by Gasteiger charge is -2.42. The largest absolute Gasteiger partial charge is 0.389 e. The number of rotatable bonds is 3. The Morgan fingerprint density at radius 1 is 1.41 bits per heavy atom. The molecule has 0 bridgehead atoms. The van der Waals surface area contributed by atoms with Crippen molar-refractivity contribution in [3.05, 3.63) is 30.1 Å². The van der Waals surface area contributed by atoms with Crippen LogP contribution in [-0.4, -0.2) is 15.7 Å². The summed E-state index contributed by atoms with van der Waals surface area (Å²) in [5.74, 6) is 0.960. The molecule has 1 aromatic rings. The molecule has 1 aliphatic carbocycles. The van der Waals surface area contributed by atoms with Gasteiger partial charge in [-0.2, -0.15) is 0 Å². The molecule has 2 heteroatoms. The van der Waals surface area contributed by atoms with E-state index < -0.39 is 5.60 Å². The van der Waals surface area contributed by atoms with Crippen molar-refractivity contribution >= 4 is 0 Å². The van der Waals surface area contributed by atoms with Crippen molar-refractivity contribution in [3.63, 3.8) is 0 Å². The third-order valence-electron chi connectivity index (χ3n) is 4.08. The highest BCUT2D eigenvalue weighted by Crippen LogP contribution is 2.40. The van der Waals surface area contributed by atoms with Crippen LogP contribution in [0, 0.1) is 11.8 Å². The first-order chi connectivity index (χ1) is 8.12. The number of hydrogen-bond acceptors (Lipinski definition) is 2. The molecule has 1 heterocycles. The minimum Gasteiger partial charge on any atom is -0.389 e. The van der Waals surface area contributed by atoms with Crippen molar-refractivity contribution in [2.24, 2.45) is 11.8 Å². The number of pyridine rings is 1. The number of aromatic nitrogens is 1. The first kappa shape index (κ1) is 12.6. The average Bonchev–Trinajstić information content (AvgIpc) is 2.30. The van der Waals surface area contributed by atoms with Gasteiger partial charge in [0.1, 0.15) is 0 Å². The van der Waals surface area contributed by atoms with Crippen molar-refractivity contribution in [2.75, 3.05) is 0 Å². The minimum absolute atomic E-state index is 0.415. The minimum atomic E-state index is -0.541. The van der Waals surface area contributed by atoms with E-state index in [2.05, 4.69) is 18.8 Å². The summed E-state index contributed by atoms with van der Waals surface area (Å²) >= 11 is 0. The van der Waals surface area contributed by atoms with Gasteiger partial charge in [0.05, 0.1) is 5.60 Å². The maximum Gasteiger partial charge on any atom is 0.0733 e. The molecule has 1 aromatic heterocycles. The summed E-state index contributed by atoms with van der Waals surface area (Å²) in [6.45, 7) is 4.44. The second-order valence-electron chi connectivity index (χ2n) is 5.70. The van der Waals surface area contributed by atoms with E-state index in [0.29, 0.717) is 18.3 Å². The quantitative estimate of drug-likeness (QED) is 0.869. The van der Waals surface area contributed by atoms with Gasteiger partial charge in [-0.3, -0.25) is 4.98 Å². The molecule has 2 nitrogen and oxygen atoms in total. The van der Waals surface area contributed by atoms with Crippen LogP contribution in [0.5, 0.6) is 0 Å². The van der Waals surface area contributed by atoms with Crippen LogP contribution in [0.2, 0.25) is 0 Å². The number of nitrogens with zero attached hydrogens (tertiary/aromatic N) is 1. The van der Waals surface area contributed by atoms with E-state index in [4.69, 9.17) is 0 Å². The van der Waals surface area contributed by atoms with Crippen molar-refractivity contribution in [1.29, 1.82) is 0 Å². The fourth-order valence-electron chi connectivity index (χ4n) is 3.24. The third kappa shape index (κ3) is 2.86. The van der Waals surface area contributed by atoms with Crippen LogP contribution >= 0.6 is 0 Å². The molecule has 94 valence electrons. The summed E-state index contributed by atoms with van der Waals surface area (Å²) in [5.41, 5.74) is 0.475. The van der Waals surface area contributed by atoms with Gasteiger partial charge in [0, 0.05) is 18.3 Å². The predicted octanol–water partition coefficient (Wildman–Crippen LogP) is 3.20. The molecule has 1 aliphatic rings. The van der Waals surface area contributed by atoms with Crippen LogP contribution in [0.1, 0.15) is 45.2 Å². The van der Waals surface area contributed by atoms with Crippen LogP contribution in [0.15, 0.2) is 24.4 Å². The molecule has 0 spiro atoms. The normalized spacial score (nSPS) is 29.5. The van der Waals surface area contributed by atoms with Crippen molar-refractivity contribution in [2.45, 2.75) is 51.6 Å².